The average molecular weight is 463 g/mol. The number of amidine groups is 1. The van der Waals surface area contributed by atoms with Crippen LogP contribution in [0.15, 0.2) is 77.8 Å². The fourth-order valence-corrected chi connectivity index (χ4v) is 4.52. The summed E-state index contributed by atoms with van der Waals surface area (Å²) in [6, 6.07) is 22.1. The second-order valence-corrected chi connectivity index (χ2v) is 8.39. The van der Waals surface area contributed by atoms with Gasteiger partial charge in [-0.3, -0.25) is 14.9 Å². The lowest BCUT2D eigenvalue weighted by atomic mass is 10.0. The third-order valence-electron chi connectivity index (χ3n) is 5.95. The van der Waals surface area contributed by atoms with Gasteiger partial charge < -0.3 is 9.64 Å². The first-order valence-corrected chi connectivity index (χ1v) is 11.2. The number of fused-ring (bicyclic) bond motifs is 2. The van der Waals surface area contributed by atoms with Crippen LogP contribution < -0.4 is 10.2 Å². The summed E-state index contributed by atoms with van der Waals surface area (Å²) in [7, 11) is 0. The summed E-state index contributed by atoms with van der Waals surface area (Å²) in [5.41, 5.74) is 4.25. The van der Waals surface area contributed by atoms with E-state index < -0.39 is 11.9 Å². The fraction of sp³-hybridized carbons (Fsp3) is 0.200. The molecule has 0 aromatic heterocycles. The normalized spacial score (nSPS) is 16.5. The van der Waals surface area contributed by atoms with Crippen LogP contribution in [-0.4, -0.2) is 52.9 Å². The number of halogens is 1. The first-order valence-electron chi connectivity index (χ1n) is 10.8. The summed E-state index contributed by atoms with van der Waals surface area (Å²) in [4.78, 5) is 21.7. The van der Waals surface area contributed by atoms with Crippen molar-refractivity contribution in [2.75, 3.05) is 26.2 Å². The summed E-state index contributed by atoms with van der Waals surface area (Å²) < 4.78 is 6.15. The van der Waals surface area contributed by atoms with Crippen molar-refractivity contribution >= 4 is 29.0 Å². The number of carbonyl (C=O) groups excluding carboxylic acids is 1. The van der Waals surface area contributed by atoms with E-state index in [-0.39, 0.29) is 0 Å². The van der Waals surface area contributed by atoms with Crippen molar-refractivity contribution in [3.63, 3.8) is 0 Å². The molecule has 168 valence electrons. The van der Waals surface area contributed by atoms with Gasteiger partial charge in [0.05, 0.1) is 5.56 Å². The molecule has 2 heterocycles. The molecule has 1 atom stereocenters. The molecule has 33 heavy (non-hydrogen) atoms. The lowest BCUT2D eigenvalue weighted by Gasteiger charge is -2.39. The zero-order chi connectivity index (χ0) is 22.8. The van der Waals surface area contributed by atoms with E-state index in [1.54, 1.807) is 0 Å². The van der Waals surface area contributed by atoms with E-state index in [2.05, 4.69) is 9.80 Å². The maximum Gasteiger partial charge on any atom is 0.265 e. The molecule has 7 nitrogen and oxygen atoms in total. The van der Waals surface area contributed by atoms with Crippen molar-refractivity contribution in [1.29, 1.82) is 0 Å². The van der Waals surface area contributed by atoms with Gasteiger partial charge in [-0.2, -0.15) is 0 Å². The summed E-state index contributed by atoms with van der Waals surface area (Å²) >= 11 is 6.32. The fourth-order valence-electron chi connectivity index (χ4n) is 4.35. The number of nitrogens with one attached hydrogen (secondary N) is 1. The van der Waals surface area contributed by atoms with Crippen LogP contribution in [0.5, 0.6) is 11.5 Å². The smallest absolute Gasteiger partial charge is 0.265 e. The maximum absolute atomic E-state index is 12.5. The second-order valence-electron chi connectivity index (χ2n) is 7.96. The van der Waals surface area contributed by atoms with E-state index in [0.29, 0.717) is 42.7 Å². The minimum atomic E-state index is -0.569. The molecule has 5 rings (SSSR count). The number of hydroxylamine groups is 1. The molecule has 1 unspecified atom stereocenters. The number of nitrogens with zero attached hydrogens (tertiary/aromatic N) is 3. The lowest BCUT2D eigenvalue weighted by molar-refractivity contribution is -0.135. The van der Waals surface area contributed by atoms with Gasteiger partial charge in [-0.25, -0.2) is 10.5 Å². The standard InChI is InChI=1S/C25H23ClN4O3/c26-18-10-11-21-19(16-18)24(27-20-8-4-5-9-22(20)33-21)30-14-12-29(13-15-30)23(25(31)28-32)17-6-2-1-3-7-17/h1-11,16,23,32H,12-15H2,(H,28,31). The van der Waals surface area contributed by atoms with Crippen LogP contribution in [0.2, 0.25) is 5.02 Å². The molecule has 1 saturated heterocycles. The van der Waals surface area contributed by atoms with Gasteiger partial charge in [0, 0.05) is 31.2 Å². The van der Waals surface area contributed by atoms with E-state index >= 15 is 0 Å². The topological polar surface area (TPSA) is 77.4 Å². The van der Waals surface area contributed by atoms with Crippen molar-refractivity contribution in [2.45, 2.75) is 6.04 Å². The largest absolute Gasteiger partial charge is 0.454 e. The quantitative estimate of drug-likeness (QED) is 0.446. The summed E-state index contributed by atoms with van der Waals surface area (Å²) in [6.07, 6.45) is 0. The molecule has 2 N–H and O–H groups in total. The highest BCUT2D eigenvalue weighted by Crippen LogP contribution is 2.39. The zero-order valence-electron chi connectivity index (χ0n) is 17.8. The lowest BCUT2D eigenvalue weighted by Crippen LogP contribution is -2.52. The number of para-hydroxylation sites is 2. The first-order chi connectivity index (χ1) is 16.1. The van der Waals surface area contributed by atoms with Crippen LogP contribution in [0, 0.1) is 0 Å². The molecule has 3 aromatic carbocycles. The number of hydrogen-bond donors (Lipinski definition) is 2. The number of piperazine rings is 1. The molecule has 0 bridgehead atoms. The van der Waals surface area contributed by atoms with Crippen molar-refractivity contribution in [3.8, 4) is 11.5 Å². The predicted molar refractivity (Wildman–Crippen MR) is 126 cm³/mol. The van der Waals surface area contributed by atoms with Crippen LogP contribution in [0.1, 0.15) is 17.2 Å². The number of ether oxygens (including phenoxy) is 1. The Hall–Kier alpha value is -3.39. The van der Waals surface area contributed by atoms with Gasteiger partial charge >= 0.3 is 0 Å². The number of amides is 1. The molecule has 1 amide bonds. The van der Waals surface area contributed by atoms with Gasteiger partial charge in [0.2, 0.25) is 0 Å². The number of benzene rings is 3. The highest BCUT2D eigenvalue weighted by atomic mass is 35.5. The Morgan fingerprint density at radius 2 is 1.70 bits per heavy atom. The number of rotatable bonds is 3. The highest BCUT2D eigenvalue weighted by molar-refractivity contribution is 6.31. The number of aliphatic imine (C=N–C) groups is 1. The molecule has 3 aromatic rings. The minimum Gasteiger partial charge on any atom is -0.454 e. The SMILES string of the molecule is O=C(NO)C(c1ccccc1)N1CCN(C2=Nc3ccccc3Oc3ccc(Cl)cc32)CC1. The van der Waals surface area contributed by atoms with Crippen molar-refractivity contribution in [3.05, 3.63) is 88.9 Å². The molecule has 2 aliphatic rings. The van der Waals surface area contributed by atoms with E-state index in [1.165, 1.54) is 0 Å². The monoisotopic (exact) mass is 462 g/mol. The van der Waals surface area contributed by atoms with Gasteiger partial charge in [0.25, 0.3) is 5.91 Å². The molecule has 0 spiro atoms. The Kier molecular flexibility index (Phi) is 6.00. The Morgan fingerprint density at radius 3 is 2.45 bits per heavy atom. The maximum atomic E-state index is 12.5. The Labute approximate surface area is 196 Å². The molecule has 2 aliphatic heterocycles. The molecular formula is C25H23ClN4O3. The minimum absolute atomic E-state index is 0.444. The molecule has 0 aliphatic carbocycles. The van der Waals surface area contributed by atoms with Crippen LogP contribution in [-0.2, 0) is 4.79 Å². The van der Waals surface area contributed by atoms with E-state index in [4.69, 9.17) is 21.3 Å². The van der Waals surface area contributed by atoms with Crippen molar-refractivity contribution in [1.82, 2.24) is 15.3 Å². The van der Waals surface area contributed by atoms with Crippen molar-refractivity contribution in [2.24, 2.45) is 4.99 Å². The summed E-state index contributed by atoms with van der Waals surface area (Å²) in [5.74, 6) is 1.74. The summed E-state index contributed by atoms with van der Waals surface area (Å²) in [5, 5.41) is 9.94. The van der Waals surface area contributed by atoms with E-state index in [9.17, 15) is 10.0 Å². The average Bonchev–Trinajstić information content (AvgIpc) is 3.02. The Morgan fingerprint density at radius 1 is 0.970 bits per heavy atom. The van der Waals surface area contributed by atoms with Gasteiger partial charge in [-0.15, -0.1) is 0 Å². The van der Waals surface area contributed by atoms with Crippen LogP contribution in [0.25, 0.3) is 0 Å². The first kappa shape index (κ1) is 21.5. The number of carbonyl (C=O) groups is 1. The van der Waals surface area contributed by atoms with Gasteiger partial charge in [0.1, 0.15) is 23.3 Å². The van der Waals surface area contributed by atoms with Gasteiger partial charge in [-0.05, 0) is 35.9 Å². The van der Waals surface area contributed by atoms with E-state index in [1.807, 2.05) is 78.3 Å². The van der Waals surface area contributed by atoms with Crippen molar-refractivity contribution < 1.29 is 14.7 Å². The number of hydrogen-bond acceptors (Lipinski definition) is 6. The van der Waals surface area contributed by atoms with Crippen LogP contribution in [0.3, 0.4) is 0 Å². The van der Waals surface area contributed by atoms with E-state index in [0.717, 1.165) is 22.6 Å². The van der Waals surface area contributed by atoms with Gasteiger partial charge in [0.15, 0.2) is 5.75 Å². The third-order valence-corrected chi connectivity index (χ3v) is 6.18. The molecular weight excluding hydrogens is 440 g/mol. The molecule has 8 heteroatoms. The third kappa shape index (κ3) is 4.30. The predicted octanol–water partition coefficient (Wildman–Crippen LogP) is 4.39. The Balaban J connectivity index is 1.44. The Bertz CT molecular complexity index is 1190. The molecule has 1 fully saturated rings. The van der Waals surface area contributed by atoms with Gasteiger partial charge in [-0.1, -0.05) is 54.1 Å². The highest BCUT2D eigenvalue weighted by Gasteiger charge is 2.32. The van der Waals surface area contributed by atoms with Crippen LogP contribution in [0.4, 0.5) is 5.69 Å². The zero-order valence-corrected chi connectivity index (χ0v) is 18.6. The molecule has 0 radical (unpaired) electrons. The molecule has 0 saturated carbocycles. The van der Waals surface area contributed by atoms with Crippen LogP contribution >= 0.6 is 11.6 Å². The summed E-state index contributed by atoms with van der Waals surface area (Å²) in [6.45, 7) is 2.53. The second kappa shape index (κ2) is 9.23.